The first-order valence-electron chi connectivity index (χ1n) is 6.29. The lowest BCUT2D eigenvalue weighted by Gasteiger charge is -2.28. The molecular formula is C14H20ClNS. The molecule has 0 aromatic heterocycles. The fourth-order valence-corrected chi connectivity index (χ4v) is 3.47. The van der Waals surface area contributed by atoms with Crippen molar-refractivity contribution >= 4 is 23.4 Å². The molecule has 0 aliphatic heterocycles. The Morgan fingerprint density at radius 3 is 2.94 bits per heavy atom. The lowest BCUT2D eigenvalue weighted by atomic mass is 9.95. The van der Waals surface area contributed by atoms with Crippen molar-refractivity contribution in [2.75, 3.05) is 6.26 Å². The van der Waals surface area contributed by atoms with Gasteiger partial charge in [-0.3, -0.25) is 0 Å². The highest BCUT2D eigenvalue weighted by atomic mass is 35.5. The van der Waals surface area contributed by atoms with Gasteiger partial charge in [-0.1, -0.05) is 36.2 Å². The highest BCUT2D eigenvalue weighted by molar-refractivity contribution is 7.99. The first-order valence-corrected chi connectivity index (χ1v) is 7.95. The van der Waals surface area contributed by atoms with Crippen molar-refractivity contribution in [3.05, 3.63) is 34.9 Å². The van der Waals surface area contributed by atoms with Gasteiger partial charge >= 0.3 is 0 Å². The lowest BCUT2D eigenvalue weighted by Crippen LogP contribution is -2.34. The van der Waals surface area contributed by atoms with Crippen LogP contribution in [0.1, 0.15) is 31.2 Å². The quantitative estimate of drug-likeness (QED) is 0.883. The molecule has 3 heteroatoms. The molecule has 1 saturated carbocycles. The van der Waals surface area contributed by atoms with Gasteiger partial charge in [-0.05, 0) is 37.1 Å². The van der Waals surface area contributed by atoms with E-state index in [1.165, 1.54) is 31.2 Å². The van der Waals surface area contributed by atoms with Crippen LogP contribution in [0.5, 0.6) is 0 Å². The van der Waals surface area contributed by atoms with Crippen molar-refractivity contribution in [1.82, 2.24) is 5.32 Å². The second-order valence-corrected chi connectivity index (χ2v) is 6.24. The van der Waals surface area contributed by atoms with Crippen molar-refractivity contribution in [3.63, 3.8) is 0 Å². The third-order valence-electron chi connectivity index (χ3n) is 3.50. The molecule has 0 heterocycles. The van der Waals surface area contributed by atoms with Gasteiger partial charge in [-0.25, -0.2) is 0 Å². The summed E-state index contributed by atoms with van der Waals surface area (Å²) in [7, 11) is 0. The summed E-state index contributed by atoms with van der Waals surface area (Å²) in [6.45, 7) is 0.894. The minimum absolute atomic E-state index is 0.664. The third kappa shape index (κ3) is 3.90. The van der Waals surface area contributed by atoms with Gasteiger partial charge in [0.25, 0.3) is 0 Å². The zero-order chi connectivity index (χ0) is 12.1. The van der Waals surface area contributed by atoms with Crippen LogP contribution in [0.15, 0.2) is 24.3 Å². The number of hydrogen-bond donors (Lipinski definition) is 1. The molecule has 1 N–H and O–H groups in total. The number of benzene rings is 1. The predicted octanol–water partition coefficient (Wildman–Crippen LogP) is 4.10. The fourth-order valence-electron chi connectivity index (χ4n) is 2.44. The minimum atomic E-state index is 0.664. The Morgan fingerprint density at radius 1 is 1.35 bits per heavy atom. The average molecular weight is 270 g/mol. The summed E-state index contributed by atoms with van der Waals surface area (Å²) in [6.07, 6.45) is 7.56. The van der Waals surface area contributed by atoms with E-state index in [1.54, 1.807) is 0 Å². The maximum atomic E-state index is 6.15. The summed E-state index contributed by atoms with van der Waals surface area (Å²) in [5.74, 6) is 0. The zero-order valence-electron chi connectivity index (χ0n) is 10.3. The molecule has 0 saturated heterocycles. The Bertz CT molecular complexity index is 356. The van der Waals surface area contributed by atoms with Gasteiger partial charge in [0.1, 0.15) is 0 Å². The van der Waals surface area contributed by atoms with E-state index in [-0.39, 0.29) is 0 Å². The van der Waals surface area contributed by atoms with E-state index in [9.17, 15) is 0 Å². The van der Waals surface area contributed by atoms with E-state index in [4.69, 9.17) is 11.6 Å². The van der Waals surface area contributed by atoms with Crippen LogP contribution in [0.4, 0.5) is 0 Å². The molecule has 0 amide bonds. The van der Waals surface area contributed by atoms with E-state index < -0.39 is 0 Å². The molecule has 1 aromatic rings. The van der Waals surface area contributed by atoms with Crippen LogP contribution in [0.2, 0.25) is 5.02 Å². The first kappa shape index (κ1) is 13.3. The van der Waals surface area contributed by atoms with Gasteiger partial charge < -0.3 is 5.32 Å². The van der Waals surface area contributed by atoms with Crippen LogP contribution < -0.4 is 5.32 Å². The van der Waals surface area contributed by atoms with Crippen molar-refractivity contribution in [3.8, 4) is 0 Å². The summed E-state index contributed by atoms with van der Waals surface area (Å²) in [5.41, 5.74) is 1.21. The Balaban J connectivity index is 1.84. The molecule has 17 heavy (non-hydrogen) atoms. The van der Waals surface area contributed by atoms with Gasteiger partial charge in [-0.2, -0.15) is 11.8 Å². The van der Waals surface area contributed by atoms with Gasteiger partial charge in [0.2, 0.25) is 0 Å². The lowest BCUT2D eigenvalue weighted by molar-refractivity contribution is 0.380. The topological polar surface area (TPSA) is 12.0 Å². The molecule has 0 radical (unpaired) electrons. The van der Waals surface area contributed by atoms with Crippen molar-refractivity contribution in [1.29, 1.82) is 0 Å². The highest BCUT2D eigenvalue weighted by Gasteiger charge is 2.20. The monoisotopic (exact) mass is 269 g/mol. The molecule has 1 aliphatic carbocycles. The molecule has 1 fully saturated rings. The van der Waals surface area contributed by atoms with Crippen molar-refractivity contribution in [2.45, 2.75) is 43.5 Å². The number of nitrogens with one attached hydrogen (secondary N) is 1. The second-order valence-electron chi connectivity index (χ2n) is 4.69. The second kappa shape index (κ2) is 6.67. The van der Waals surface area contributed by atoms with Crippen LogP contribution in [-0.4, -0.2) is 17.5 Å². The minimum Gasteiger partial charge on any atom is -0.310 e. The van der Waals surface area contributed by atoms with Gasteiger partial charge in [-0.15, -0.1) is 0 Å². The summed E-state index contributed by atoms with van der Waals surface area (Å²) >= 11 is 8.16. The summed E-state index contributed by atoms with van der Waals surface area (Å²) in [6, 6.07) is 8.76. The van der Waals surface area contributed by atoms with Crippen LogP contribution in [0, 0.1) is 0 Å². The van der Waals surface area contributed by atoms with E-state index in [2.05, 4.69) is 23.7 Å². The largest absolute Gasteiger partial charge is 0.310 e. The molecule has 1 aromatic carbocycles. The summed E-state index contributed by atoms with van der Waals surface area (Å²) < 4.78 is 0. The molecule has 0 bridgehead atoms. The molecule has 1 nitrogen and oxygen atoms in total. The highest BCUT2D eigenvalue weighted by Crippen LogP contribution is 2.27. The fraction of sp³-hybridized carbons (Fsp3) is 0.571. The predicted molar refractivity (Wildman–Crippen MR) is 77.9 cm³/mol. The molecule has 2 atom stereocenters. The normalized spacial score (nSPS) is 24.8. The number of halogens is 1. The maximum Gasteiger partial charge on any atom is 0.0450 e. The van der Waals surface area contributed by atoms with Crippen LogP contribution in [0.25, 0.3) is 0 Å². The van der Waals surface area contributed by atoms with E-state index >= 15 is 0 Å². The molecule has 0 spiro atoms. The van der Waals surface area contributed by atoms with Gasteiger partial charge in [0.05, 0.1) is 0 Å². The molecular weight excluding hydrogens is 250 g/mol. The number of hydrogen-bond acceptors (Lipinski definition) is 2. The van der Waals surface area contributed by atoms with Gasteiger partial charge in [0, 0.05) is 22.9 Å². The van der Waals surface area contributed by atoms with Crippen LogP contribution >= 0.6 is 23.4 Å². The van der Waals surface area contributed by atoms with E-state index in [0.717, 1.165) is 16.8 Å². The SMILES string of the molecule is CSC1CCCC(NCc2ccccc2Cl)C1. The standard InChI is InChI=1S/C14H20ClNS/c1-17-13-7-4-6-12(9-13)16-10-11-5-2-3-8-14(11)15/h2-3,5,8,12-13,16H,4,6-7,9-10H2,1H3. The Kier molecular flexibility index (Phi) is 5.20. The average Bonchev–Trinajstić information content (AvgIpc) is 2.38. The summed E-state index contributed by atoms with van der Waals surface area (Å²) in [4.78, 5) is 0. The van der Waals surface area contributed by atoms with Crippen molar-refractivity contribution in [2.24, 2.45) is 0 Å². The van der Waals surface area contributed by atoms with Gasteiger partial charge in [0.15, 0.2) is 0 Å². The molecule has 2 rings (SSSR count). The molecule has 94 valence electrons. The van der Waals surface area contributed by atoms with Crippen LogP contribution in [-0.2, 0) is 6.54 Å². The molecule has 1 aliphatic rings. The van der Waals surface area contributed by atoms with Crippen LogP contribution in [0.3, 0.4) is 0 Å². The number of thioether (sulfide) groups is 1. The van der Waals surface area contributed by atoms with E-state index in [1.807, 2.05) is 23.9 Å². The summed E-state index contributed by atoms with van der Waals surface area (Å²) in [5, 5.41) is 5.36. The third-order valence-corrected chi connectivity index (χ3v) is 4.96. The maximum absolute atomic E-state index is 6.15. The first-order chi connectivity index (χ1) is 8.29. The number of rotatable bonds is 4. The molecule has 2 unspecified atom stereocenters. The Labute approximate surface area is 113 Å². The van der Waals surface area contributed by atoms with Crippen molar-refractivity contribution < 1.29 is 0 Å². The Morgan fingerprint density at radius 2 is 2.18 bits per heavy atom. The zero-order valence-corrected chi connectivity index (χ0v) is 11.9. The smallest absolute Gasteiger partial charge is 0.0450 e. The Hall–Kier alpha value is -0.180. The van der Waals surface area contributed by atoms with E-state index in [0.29, 0.717) is 6.04 Å².